The Morgan fingerprint density at radius 2 is 1.57 bits per heavy atom. The van der Waals surface area contributed by atoms with E-state index >= 15 is 0 Å². The molecule has 0 bridgehead atoms. The molecule has 0 radical (unpaired) electrons. The fourth-order valence-corrected chi connectivity index (χ4v) is 8.53. The average molecular weight is 359 g/mol. The van der Waals surface area contributed by atoms with Crippen LogP contribution in [0.5, 0.6) is 0 Å². The number of hydrogen-bond acceptors (Lipinski definition) is 3. The van der Waals surface area contributed by atoms with Crippen molar-refractivity contribution in [2.45, 2.75) is 79.0 Å². The van der Waals surface area contributed by atoms with E-state index in [2.05, 4.69) is 40.9 Å². The Hall–Kier alpha value is -0.206. The van der Waals surface area contributed by atoms with Gasteiger partial charge in [0.2, 0.25) is 0 Å². The third kappa shape index (κ3) is 10.3. The molecular weight excluding hydrogens is 320 g/mol. The quantitative estimate of drug-likeness (QED) is 0.297. The number of rotatable bonds is 14. The molecule has 0 N–H and O–H groups in total. The van der Waals surface area contributed by atoms with E-state index in [1.807, 2.05) is 24.5 Å². The maximum Gasteiger partial charge on any atom is 0.352 e. The van der Waals surface area contributed by atoms with Gasteiger partial charge in [-0.3, -0.25) is 0 Å². The topological polar surface area (TPSA) is 27.7 Å². The Labute approximate surface area is 146 Å². The van der Waals surface area contributed by atoms with E-state index in [0.29, 0.717) is 5.92 Å². The lowest BCUT2D eigenvalue weighted by Crippen LogP contribution is -2.51. The molecule has 136 valence electrons. The van der Waals surface area contributed by atoms with Gasteiger partial charge in [0.05, 0.1) is 0 Å². The van der Waals surface area contributed by atoms with Crippen molar-refractivity contribution in [1.29, 1.82) is 0 Å². The van der Waals surface area contributed by atoms with Crippen LogP contribution in [0.3, 0.4) is 0 Å². The highest BCUT2D eigenvalue weighted by molar-refractivity contribution is 6.84. The summed E-state index contributed by atoms with van der Waals surface area (Å²) in [4.78, 5) is 0. The fourth-order valence-electron chi connectivity index (χ4n) is 2.56. The molecule has 3 atom stereocenters. The molecule has 0 aromatic carbocycles. The molecular formula is C18H38O3Si2. The monoisotopic (exact) mass is 358 g/mol. The van der Waals surface area contributed by atoms with Crippen molar-refractivity contribution < 1.29 is 13.0 Å². The molecule has 23 heavy (non-hydrogen) atoms. The molecule has 5 heteroatoms. The Kier molecular flexibility index (Phi) is 11.3. The standard InChI is InChI=1S/C18H38O3Si2/c1-9-12-13-14-15-19-22(7,10-2)21-23(8,11-3)20-18(6)16-17(4)5/h10-11,17-18H,2-3,9,12-16H2,1,4-8H3. The lowest BCUT2D eigenvalue weighted by atomic mass is 10.1. The molecule has 0 aliphatic carbocycles. The van der Waals surface area contributed by atoms with E-state index in [9.17, 15) is 0 Å². The first-order valence-electron chi connectivity index (χ1n) is 8.99. The van der Waals surface area contributed by atoms with Crippen LogP contribution in [-0.4, -0.2) is 29.8 Å². The SMILES string of the molecule is C=C[Si](C)(OCCCCCC)O[Si](C)(C=C)OC(C)CC(C)C. The summed E-state index contributed by atoms with van der Waals surface area (Å²) in [6.07, 6.45) is 5.95. The second kappa shape index (κ2) is 11.4. The van der Waals surface area contributed by atoms with Crippen molar-refractivity contribution >= 4 is 17.1 Å². The Morgan fingerprint density at radius 1 is 0.957 bits per heavy atom. The highest BCUT2D eigenvalue weighted by Gasteiger charge is 2.40. The summed E-state index contributed by atoms with van der Waals surface area (Å²) in [5.74, 6) is 0.603. The molecule has 0 aromatic heterocycles. The van der Waals surface area contributed by atoms with Gasteiger partial charge in [0.25, 0.3) is 0 Å². The Bertz CT molecular complexity index is 349. The molecule has 0 saturated heterocycles. The van der Waals surface area contributed by atoms with Gasteiger partial charge in [-0.1, -0.05) is 51.4 Å². The second-order valence-corrected chi connectivity index (χ2v) is 13.2. The van der Waals surface area contributed by atoms with E-state index in [0.717, 1.165) is 19.4 Å². The van der Waals surface area contributed by atoms with Crippen molar-refractivity contribution in [1.82, 2.24) is 0 Å². The molecule has 0 fully saturated rings. The van der Waals surface area contributed by atoms with Gasteiger partial charge in [-0.15, -0.1) is 13.2 Å². The third-order valence-corrected chi connectivity index (χ3v) is 10.1. The largest absolute Gasteiger partial charge is 0.409 e. The molecule has 0 aliphatic heterocycles. The van der Waals surface area contributed by atoms with Crippen LogP contribution in [0.1, 0.15) is 59.8 Å². The van der Waals surface area contributed by atoms with E-state index in [-0.39, 0.29) is 6.10 Å². The molecule has 0 aromatic rings. The van der Waals surface area contributed by atoms with E-state index in [4.69, 9.17) is 13.0 Å². The molecule has 0 amide bonds. The van der Waals surface area contributed by atoms with Gasteiger partial charge >= 0.3 is 17.1 Å². The fraction of sp³-hybridized carbons (Fsp3) is 0.778. The Balaban J connectivity index is 4.62. The van der Waals surface area contributed by atoms with E-state index in [1.54, 1.807) is 0 Å². The summed E-state index contributed by atoms with van der Waals surface area (Å²) in [6.45, 7) is 21.4. The highest BCUT2D eigenvalue weighted by atomic mass is 28.5. The average Bonchev–Trinajstić information content (AvgIpc) is 2.46. The molecule has 0 rings (SSSR count). The maximum atomic E-state index is 6.38. The lowest BCUT2D eigenvalue weighted by molar-refractivity contribution is 0.139. The summed E-state index contributed by atoms with van der Waals surface area (Å²) in [5, 5.41) is 0. The van der Waals surface area contributed by atoms with Crippen LogP contribution < -0.4 is 0 Å². The Morgan fingerprint density at radius 3 is 2.04 bits per heavy atom. The first kappa shape index (κ1) is 22.8. The summed E-state index contributed by atoms with van der Waals surface area (Å²) in [6, 6.07) is 0. The van der Waals surface area contributed by atoms with Crippen LogP contribution in [0, 0.1) is 5.92 Å². The minimum absolute atomic E-state index is 0.164. The maximum absolute atomic E-state index is 6.38. The molecule has 0 aliphatic rings. The predicted molar refractivity (Wildman–Crippen MR) is 105 cm³/mol. The van der Waals surface area contributed by atoms with E-state index in [1.165, 1.54) is 19.3 Å². The number of hydrogen-bond donors (Lipinski definition) is 0. The molecule has 3 nitrogen and oxygen atoms in total. The predicted octanol–water partition coefficient (Wildman–Crippen LogP) is 5.65. The zero-order valence-electron chi connectivity index (χ0n) is 16.2. The van der Waals surface area contributed by atoms with Gasteiger partial charge in [-0.05, 0) is 38.8 Å². The minimum atomic E-state index is -2.46. The minimum Gasteiger partial charge on any atom is -0.409 e. The van der Waals surface area contributed by atoms with Gasteiger partial charge in [0.1, 0.15) is 0 Å². The van der Waals surface area contributed by atoms with Crippen LogP contribution in [-0.2, 0) is 13.0 Å². The summed E-state index contributed by atoms with van der Waals surface area (Å²) >= 11 is 0. The molecule has 0 heterocycles. The zero-order valence-corrected chi connectivity index (χ0v) is 18.2. The number of unbranched alkanes of at least 4 members (excludes halogenated alkanes) is 3. The van der Waals surface area contributed by atoms with Crippen LogP contribution in [0.4, 0.5) is 0 Å². The van der Waals surface area contributed by atoms with Crippen LogP contribution in [0.15, 0.2) is 24.6 Å². The van der Waals surface area contributed by atoms with Gasteiger partial charge < -0.3 is 13.0 Å². The van der Waals surface area contributed by atoms with Gasteiger partial charge in [0, 0.05) is 12.7 Å². The van der Waals surface area contributed by atoms with Crippen molar-refractivity contribution in [3.8, 4) is 0 Å². The second-order valence-electron chi connectivity index (χ2n) is 7.01. The normalized spacial score (nSPS) is 18.2. The molecule has 0 spiro atoms. The summed E-state index contributed by atoms with van der Waals surface area (Å²) < 4.78 is 18.7. The van der Waals surface area contributed by atoms with Gasteiger partial charge in [0.15, 0.2) is 0 Å². The summed E-state index contributed by atoms with van der Waals surface area (Å²) in [7, 11) is -4.87. The molecule has 0 saturated carbocycles. The van der Waals surface area contributed by atoms with E-state index < -0.39 is 17.1 Å². The van der Waals surface area contributed by atoms with Crippen LogP contribution >= 0.6 is 0 Å². The summed E-state index contributed by atoms with van der Waals surface area (Å²) in [5.41, 5.74) is 3.72. The van der Waals surface area contributed by atoms with Crippen LogP contribution in [0.25, 0.3) is 0 Å². The van der Waals surface area contributed by atoms with Crippen LogP contribution in [0.2, 0.25) is 13.1 Å². The van der Waals surface area contributed by atoms with Crippen molar-refractivity contribution in [2.24, 2.45) is 5.92 Å². The lowest BCUT2D eigenvalue weighted by Gasteiger charge is -2.35. The first-order valence-corrected chi connectivity index (χ1v) is 13.8. The molecule has 3 unspecified atom stereocenters. The van der Waals surface area contributed by atoms with Crippen molar-refractivity contribution in [3.63, 3.8) is 0 Å². The van der Waals surface area contributed by atoms with Gasteiger partial charge in [-0.25, -0.2) is 0 Å². The first-order chi connectivity index (χ1) is 10.7. The smallest absolute Gasteiger partial charge is 0.352 e. The van der Waals surface area contributed by atoms with Crippen molar-refractivity contribution in [2.75, 3.05) is 6.61 Å². The van der Waals surface area contributed by atoms with Gasteiger partial charge in [-0.2, -0.15) is 0 Å². The van der Waals surface area contributed by atoms with Crippen molar-refractivity contribution in [3.05, 3.63) is 24.6 Å². The highest BCUT2D eigenvalue weighted by Crippen LogP contribution is 2.22. The third-order valence-electron chi connectivity index (χ3n) is 3.77. The zero-order chi connectivity index (χ0) is 17.9.